The Morgan fingerprint density at radius 2 is 1.65 bits per heavy atom. The van der Waals surface area contributed by atoms with E-state index in [0.29, 0.717) is 0 Å². The Balaban J connectivity index is 1.93. The first-order valence-electron chi connectivity index (χ1n) is 7.42. The van der Waals surface area contributed by atoms with Gasteiger partial charge in [-0.2, -0.15) is 0 Å². The van der Waals surface area contributed by atoms with Gasteiger partial charge in [0.15, 0.2) is 0 Å². The van der Waals surface area contributed by atoms with Crippen LogP contribution in [0.1, 0.15) is 32.1 Å². The summed E-state index contributed by atoms with van der Waals surface area (Å²) in [7, 11) is 0. The van der Waals surface area contributed by atoms with E-state index in [0.717, 1.165) is 17.9 Å². The van der Waals surface area contributed by atoms with Gasteiger partial charge in [-0.25, -0.2) is 0 Å². The maximum Gasteiger partial charge on any atom is 0.0522 e. The van der Waals surface area contributed by atoms with E-state index in [4.69, 9.17) is 11.6 Å². The summed E-state index contributed by atoms with van der Waals surface area (Å²) in [6.45, 7) is 0. The number of hydrogen-bond acceptors (Lipinski definition) is 0. The van der Waals surface area contributed by atoms with Crippen LogP contribution in [0.2, 0.25) is 0 Å². The molecule has 0 fully saturated rings. The van der Waals surface area contributed by atoms with Crippen molar-refractivity contribution in [1.29, 1.82) is 0 Å². The van der Waals surface area contributed by atoms with Crippen LogP contribution in [-0.4, -0.2) is 0 Å². The molecule has 0 atom stereocenters. The van der Waals surface area contributed by atoms with Gasteiger partial charge in [0.05, 0.1) is 5.03 Å². The fourth-order valence-electron chi connectivity index (χ4n) is 3.61. The molecule has 2 bridgehead atoms. The van der Waals surface area contributed by atoms with Crippen LogP contribution in [0.5, 0.6) is 0 Å². The van der Waals surface area contributed by atoms with Gasteiger partial charge < -0.3 is 0 Å². The largest absolute Gasteiger partial charge is 0.0833 e. The van der Waals surface area contributed by atoms with E-state index >= 15 is 0 Å². The van der Waals surface area contributed by atoms with E-state index in [1.165, 1.54) is 52.7 Å². The monoisotopic (exact) mass is 280 g/mol. The summed E-state index contributed by atoms with van der Waals surface area (Å²) >= 11 is 6.76. The Labute approximate surface area is 125 Å². The van der Waals surface area contributed by atoms with Gasteiger partial charge in [0.1, 0.15) is 0 Å². The molecule has 100 valence electrons. The Morgan fingerprint density at radius 1 is 0.850 bits per heavy atom. The standard InChI is InChI=1S/C19H17Cl/c20-19-17-10-4-3-9-15(17)16-11-5-7-13-6-1-2-8-14(12-13)18(16)19/h1-2,5-8,11H,3-4,9-10,12H2. The summed E-state index contributed by atoms with van der Waals surface area (Å²) in [5, 5.41) is 1.02. The SMILES string of the molecule is ClC1=C2C3=CC=CC=C(C=CC=C2C2=C1CCCC2)C3. The van der Waals surface area contributed by atoms with Crippen LogP contribution in [0.4, 0.5) is 0 Å². The third-order valence-corrected chi connectivity index (χ3v) is 4.97. The third kappa shape index (κ3) is 1.83. The zero-order chi connectivity index (χ0) is 13.5. The van der Waals surface area contributed by atoms with Gasteiger partial charge in [0.25, 0.3) is 0 Å². The van der Waals surface area contributed by atoms with Crippen LogP contribution in [0.3, 0.4) is 0 Å². The van der Waals surface area contributed by atoms with E-state index in [1.54, 1.807) is 0 Å². The van der Waals surface area contributed by atoms with E-state index < -0.39 is 0 Å². The lowest BCUT2D eigenvalue weighted by molar-refractivity contribution is 0.693. The minimum Gasteiger partial charge on any atom is -0.0833 e. The molecule has 0 saturated heterocycles. The van der Waals surface area contributed by atoms with Gasteiger partial charge in [-0.05, 0) is 60.0 Å². The number of allylic oxidation sites excluding steroid dienone is 14. The number of hydrogen-bond donors (Lipinski definition) is 0. The van der Waals surface area contributed by atoms with E-state index in [-0.39, 0.29) is 0 Å². The average Bonchev–Trinajstić information content (AvgIpc) is 2.64. The highest BCUT2D eigenvalue weighted by Crippen LogP contribution is 2.49. The van der Waals surface area contributed by atoms with Gasteiger partial charge in [-0.15, -0.1) is 0 Å². The molecule has 0 unspecified atom stereocenters. The van der Waals surface area contributed by atoms with Crippen LogP contribution in [-0.2, 0) is 0 Å². The molecule has 1 heteroatoms. The Kier molecular flexibility index (Phi) is 2.93. The van der Waals surface area contributed by atoms with Crippen molar-refractivity contribution in [1.82, 2.24) is 0 Å². The van der Waals surface area contributed by atoms with Crippen molar-refractivity contribution in [3.05, 3.63) is 81.0 Å². The summed E-state index contributed by atoms with van der Waals surface area (Å²) in [5.74, 6) is 0. The molecule has 0 N–H and O–H groups in total. The molecule has 4 rings (SSSR count). The number of rotatable bonds is 0. The first kappa shape index (κ1) is 12.2. The second kappa shape index (κ2) is 4.79. The molecule has 0 radical (unpaired) electrons. The number of halogens is 1. The van der Waals surface area contributed by atoms with Crippen LogP contribution in [0.25, 0.3) is 0 Å². The summed E-state index contributed by atoms with van der Waals surface area (Å²) in [6.07, 6.45) is 21.2. The van der Waals surface area contributed by atoms with E-state index in [2.05, 4.69) is 42.5 Å². The van der Waals surface area contributed by atoms with Crippen LogP contribution in [0, 0.1) is 0 Å². The second-order valence-corrected chi connectivity index (χ2v) is 6.17. The molecule has 0 aromatic carbocycles. The molecule has 0 amide bonds. The summed E-state index contributed by atoms with van der Waals surface area (Å²) in [5.41, 5.74) is 8.29. The maximum absolute atomic E-state index is 6.76. The molecule has 0 heterocycles. The van der Waals surface area contributed by atoms with E-state index in [9.17, 15) is 0 Å². The lowest BCUT2D eigenvalue weighted by Crippen LogP contribution is -1.99. The molecule has 0 nitrogen and oxygen atoms in total. The van der Waals surface area contributed by atoms with Gasteiger partial charge >= 0.3 is 0 Å². The zero-order valence-corrected chi connectivity index (χ0v) is 12.2. The van der Waals surface area contributed by atoms with Crippen LogP contribution >= 0.6 is 11.6 Å². The van der Waals surface area contributed by atoms with Crippen molar-refractivity contribution in [2.45, 2.75) is 32.1 Å². The fourth-order valence-corrected chi connectivity index (χ4v) is 4.04. The smallest absolute Gasteiger partial charge is 0.0522 e. The minimum atomic E-state index is 0.979. The predicted molar refractivity (Wildman–Crippen MR) is 85.5 cm³/mol. The van der Waals surface area contributed by atoms with Gasteiger partial charge in [-0.3, -0.25) is 0 Å². The van der Waals surface area contributed by atoms with Crippen molar-refractivity contribution in [2.24, 2.45) is 0 Å². The highest BCUT2D eigenvalue weighted by molar-refractivity contribution is 6.34. The molecule has 0 spiro atoms. The van der Waals surface area contributed by atoms with Gasteiger partial charge in [0, 0.05) is 5.57 Å². The minimum absolute atomic E-state index is 0.979. The van der Waals surface area contributed by atoms with Gasteiger partial charge in [-0.1, -0.05) is 54.1 Å². The topological polar surface area (TPSA) is 0 Å². The number of fused-ring (bicyclic) bond motifs is 5. The summed E-state index contributed by atoms with van der Waals surface area (Å²) in [4.78, 5) is 0. The summed E-state index contributed by atoms with van der Waals surface area (Å²) in [6, 6.07) is 0. The third-order valence-electron chi connectivity index (χ3n) is 4.55. The lowest BCUT2D eigenvalue weighted by Gasteiger charge is -2.17. The highest BCUT2D eigenvalue weighted by atomic mass is 35.5. The first-order chi connectivity index (χ1) is 9.84. The van der Waals surface area contributed by atoms with Crippen molar-refractivity contribution >= 4 is 11.6 Å². The molecule has 4 aliphatic carbocycles. The molecular weight excluding hydrogens is 264 g/mol. The van der Waals surface area contributed by atoms with Gasteiger partial charge in [0.2, 0.25) is 0 Å². The average molecular weight is 281 g/mol. The van der Waals surface area contributed by atoms with Crippen LogP contribution < -0.4 is 0 Å². The Bertz CT molecular complexity index is 687. The van der Waals surface area contributed by atoms with Crippen molar-refractivity contribution in [2.75, 3.05) is 0 Å². The molecule has 0 aromatic heterocycles. The molecule has 0 saturated carbocycles. The first-order valence-corrected chi connectivity index (χ1v) is 7.80. The molecule has 4 aliphatic rings. The molecule has 0 aliphatic heterocycles. The van der Waals surface area contributed by atoms with Crippen molar-refractivity contribution in [3.63, 3.8) is 0 Å². The summed E-state index contributed by atoms with van der Waals surface area (Å²) < 4.78 is 0. The van der Waals surface area contributed by atoms with Crippen LogP contribution in [0.15, 0.2) is 81.0 Å². The maximum atomic E-state index is 6.76. The quantitative estimate of drug-likeness (QED) is 0.536. The highest BCUT2D eigenvalue weighted by Gasteiger charge is 2.31. The predicted octanol–water partition coefficient (Wildman–Crippen LogP) is 5.67. The van der Waals surface area contributed by atoms with E-state index in [1.807, 2.05) is 0 Å². The molecule has 20 heavy (non-hydrogen) atoms. The normalized spacial score (nSPS) is 24.4. The van der Waals surface area contributed by atoms with Crippen molar-refractivity contribution in [3.8, 4) is 0 Å². The second-order valence-electron chi connectivity index (χ2n) is 5.79. The Morgan fingerprint density at radius 3 is 2.55 bits per heavy atom. The lowest BCUT2D eigenvalue weighted by atomic mass is 9.87. The zero-order valence-electron chi connectivity index (χ0n) is 11.5. The molecular formula is C19H17Cl. The van der Waals surface area contributed by atoms with Crippen molar-refractivity contribution < 1.29 is 0 Å². The molecule has 0 aromatic rings. The fraction of sp³-hybridized carbons (Fsp3) is 0.263. The Hall–Kier alpha value is -1.53.